The first-order chi connectivity index (χ1) is 8.76. The van der Waals surface area contributed by atoms with Gasteiger partial charge in [0, 0.05) is 10.8 Å². The van der Waals surface area contributed by atoms with Gasteiger partial charge in [-0.05, 0) is 18.6 Å². The number of hydrogen-bond donors (Lipinski definition) is 1. The normalized spacial score (nSPS) is 33.5. The van der Waals surface area contributed by atoms with Crippen molar-refractivity contribution in [2.75, 3.05) is 6.61 Å². The third-order valence-electron chi connectivity index (χ3n) is 3.53. The summed E-state index contributed by atoms with van der Waals surface area (Å²) in [6, 6.07) is 9.86. The summed E-state index contributed by atoms with van der Waals surface area (Å²) in [4.78, 5) is 13.2. The quantitative estimate of drug-likeness (QED) is 0.668. The molecule has 3 nitrogen and oxygen atoms in total. The number of fused-ring (bicyclic) bond motifs is 1. The van der Waals surface area contributed by atoms with Crippen LogP contribution in [-0.2, 0) is 9.53 Å². The summed E-state index contributed by atoms with van der Waals surface area (Å²) in [5, 5.41) is 9.29. The SMILES string of the molecule is O=C1O[C@@H](CO)[C@@H]2C=CC[C@]12Sc1ccccc1. The van der Waals surface area contributed by atoms with Crippen LogP contribution in [0.2, 0.25) is 0 Å². The molecule has 2 aliphatic rings. The van der Waals surface area contributed by atoms with Crippen LogP contribution in [0, 0.1) is 5.92 Å². The Bertz CT molecular complexity index is 485. The molecule has 94 valence electrons. The molecule has 0 amide bonds. The maximum Gasteiger partial charge on any atom is 0.324 e. The van der Waals surface area contributed by atoms with Crippen molar-refractivity contribution in [1.82, 2.24) is 0 Å². The molecule has 4 heteroatoms. The van der Waals surface area contributed by atoms with Gasteiger partial charge in [-0.2, -0.15) is 0 Å². The molecule has 1 aliphatic heterocycles. The predicted molar refractivity (Wildman–Crippen MR) is 69.2 cm³/mol. The highest BCUT2D eigenvalue weighted by Crippen LogP contribution is 2.52. The summed E-state index contributed by atoms with van der Waals surface area (Å²) in [6.45, 7) is -0.113. The van der Waals surface area contributed by atoms with Crippen LogP contribution < -0.4 is 0 Å². The van der Waals surface area contributed by atoms with Crippen molar-refractivity contribution >= 4 is 17.7 Å². The average Bonchev–Trinajstić information content (AvgIpc) is 2.90. The van der Waals surface area contributed by atoms with Gasteiger partial charge in [0.25, 0.3) is 0 Å². The second-order valence-corrected chi connectivity index (χ2v) is 5.99. The molecule has 0 radical (unpaired) electrons. The van der Waals surface area contributed by atoms with E-state index in [0.717, 1.165) is 4.90 Å². The molecular weight excluding hydrogens is 248 g/mol. The van der Waals surface area contributed by atoms with E-state index in [9.17, 15) is 9.90 Å². The number of allylic oxidation sites excluding steroid dienone is 1. The summed E-state index contributed by atoms with van der Waals surface area (Å²) in [5.74, 6) is -0.231. The monoisotopic (exact) mass is 262 g/mol. The summed E-state index contributed by atoms with van der Waals surface area (Å²) >= 11 is 1.55. The summed E-state index contributed by atoms with van der Waals surface area (Å²) in [6.07, 6.45) is 4.30. The Hall–Kier alpha value is -1.26. The number of rotatable bonds is 3. The van der Waals surface area contributed by atoms with Crippen molar-refractivity contribution in [3.63, 3.8) is 0 Å². The Morgan fingerprint density at radius 2 is 2.17 bits per heavy atom. The molecule has 1 aliphatic carbocycles. The smallest absolute Gasteiger partial charge is 0.324 e. The van der Waals surface area contributed by atoms with Gasteiger partial charge < -0.3 is 9.84 Å². The van der Waals surface area contributed by atoms with E-state index in [2.05, 4.69) is 0 Å². The van der Waals surface area contributed by atoms with Crippen molar-refractivity contribution < 1.29 is 14.6 Å². The topological polar surface area (TPSA) is 46.5 Å². The number of carbonyl (C=O) groups excluding carboxylic acids is 1. The van der Waals surface area contributed by atoms with Crippen LogP contribution in [0.25, 0.3) is 0 Å². The molecule has 0 unspecified atom stereocenters. The van der Waals surface area contributed by atoms with E-state index in [1.807, 2.05) is 42.5 Å². The highest BCUT2D eigenvalue weighted by atomic mass is 32.2. The van der Waals surface area contributed by atoms with E-state index in [1.54, 1.807) is 11.8 Å². The van der Waals surface area contributed by atoms with E-state index in [4.69, 9.17) is 4.74 Å². The first-order valence-corrected chi connectivity index (χ1v) is 6.80. The fraction of sp³-hybridized carbons (Fsp3) is 0.357. The van der Waals surface area contributed by atoms with E-state index in [1.165, 1.54) is 0 Å². The fourth-order valence-electron chi connectivity index (χ4n) is 2.64. The maximum atomic E-state index is 12.2. The van der Waals surface area contributed by atoms with Crippen LogP contribution in [0.15, 0.2) is 47.4 Å². The Labute approximate surface area is 110 Å². The Balaban J connectivity index is 1.91. The fourth-order valence-corrected chi connectivity index (χ4v) is 4.03. The molecule has 0 spiro atoms. The molecule has 0 bridgehead atoms. The molecular formula is C14H14O3S. The van der Waals surface area contributed by atoms with Crippen LogP contribution in [0.4, 0.5) is 0 Å². The largest absolute Gasteiger partial charge is 0.458 e. The highest BCUT2D eigenvalue weighted by molar-refractivity contribution is 8.01. The van der Waals surface area contributed by atoms with Gasteiger partial charge in [0.2, 0.25) is 0 Å². The van der Waals surface area contributed by atoms with Gasteiger partial charge in [-0.1, -0.05) is 30.4 Å². The zero-order valence-electron chi connectivity index (χ0n) is 9.78. The second kappa shape index (κ2) is 4.44. The summed E-state index contributed by atoms with van der Waals surface area (Å²) in [7, 11) is 0. The van der Waals surface area contributed by atoms with Gasteiger partial charge in [0.05, 0.1) is 6.61 Å². The minimum atomic E-state index is -0.575. The number of aliphatic hydroxyl groups is 1. The van der Waals surface area contributed by atoms with Crippen molar-refractivity contribution in [3.8, 4) is 0 Å². The lowest BCUT2D eigenvalue weighted by molar-refractivity contribution is -0.144. The molecule has 1 N–H and O–H groups in total. The van der Waals surface area contributed by atoms with Crippen LogP contribution in [0.3, 0.4) is 0 Å². The molecule has 0 aromatic heterocycles. The first-order valence-electron chi connectivity index (χ1n) is 5.99. The van der Waals surface area contributed by atoms with Crippen LogP contribution in [-0.4, -0.2) is 28.5 Å². The number of carbonyl (C=O) groups is 1. The predicted octanol–water partition coefficient (Wildman–Crippen LogP) is 2.01. The standard InChI is InChI=1S/C14H14O3S/c15-9-12-11-7-4-8-14(11,13(16)17-12)18-10-5-2-1-3-6-10/h1-7,11-12,15H,8-9H2/t11-,12-,14+/m0/s1. The van der Waals surface area contributed by atoms with Crippen LogP contribution in [0.5, 0.6) is 0 Å². The van der Waals surface area contributed by atoms with Gasteiger partial charge in [-0.25, -0.2) is 0 Å². The van der Waals surface area contributed by atoms with E-state index >= 15 is 0 Å². The van der Waals surface area contributed by atoms with Crippen molar-refractivity contribution in [1.29, 1.82) is 0 Å². The molecule has 3 atom stereocenters. The number of ether oxygens (including phenoxy) is 1. The van der Waals surface area contributed by atoms with Gasteiger partial charge in [0.15, 0.2) is 0 Å². The molecule has 1 fully saturated rings. The van der Waals surface area contributed by atoms with Crippen LogP contribution in [0.1, 0.15) is 6.42 Å². The van der Waals surface area contributed by atoms with Crippen molar-refractivity contribution in [2.45, 2.75) is 22.2 Å². The Morgan fingerprint density at radius 3 is 2.89 bits per heavy atom. The maximum absolute atomic E-state index is 12.2. The zero-order chi connectivity index (χ0) is 12.6. The van der Waals surface area contributed by atoms with Gasteiger partial charge in [-0.3, -0.25) is 4.79 Å². The molecule has 0 saturated carbocycles. The molecule has 1 aromatic carbocycles. The van der Waals surface area contributed by atoms with Gasteiger partial charge in [-0.15, -0.1) is 11.8 Å². The first kappa shape index (κ1) is 11.8. The van der Waals surface area contributed by atoms with Gasteiger partial charge >= 0.3 is 5.97 Å². The molecule has 1 heterocycles. The minimum Gasteiger partial charge on any atom is -0.458 e. The van der Waals surface area contributed by atoms with Crippen molar-refractivity contribution in [2.24, 2.45) is 5.92 Å². The zero-order valence-corrected chi connectivity index (χ0v) is 10.6. The third-order valence-corrected chi connectivity index (χ3v) is 5.01. The molecule has 3 rings (SSSR count). The Kier molecular flexibility index (Phi) is 2.92. The number of thioether (sulfide) groups is 1. The average molecular weight is 262 g/mol. The number of hydrogen-bond acceptors (Lipinski definition) is 4. The Morgan fingerprint density at radius 1 is 1.39 bits per heavy atom. The lowest BCUT2D eigenvalue weighted by Gasteiger charge is -2.24. The molecule has 1 aromatic rings. The lowest BCUT2D eigenvalue weighted by atomic mass is 9.93. The lowest BCUT2D eigenvalue weighted by Crippen LogP contribution is -2.35. The van der Waals surface area contributed by atoms with Crippen molar-refractivity contribution in [3.05, 3.63) is 42.5 Å². The number of aliphatic hydroxyl groups excluding tert-OH is 1. The number of esters is 1. The number of benzene rings is 1. The van der Waals surface area contributed by atoms with Gasteiger partial charge in [0.1, 0.15) is 10.9 Å². The van der Waals surface area contributed by atoms with E-state index in [0.29, 0.717) is 6.42 Å². The molecule has 18 heavy (non-hydrogen) atoms. The molecule has 1 saturated heterocycles. The van der Waals surface area contributed by atoms with Crippen LogP contribution >= 0.6 is 11.8 Å². The van der Waals surface area contributed by atoms with E-state index < -0.39 is 10.9 Å². The summed E-state index contributed by atoms with van der Waals surface area (Å²) in [5.41, 5.74) is 0. The highest BCUT2D eigenvalue weighted by Gasteiger charge is 2.58. The summed E-state index contributed by atoms with van der Waals surface area (Å²) < 4.78 is 4.72. The second-order valence-electron chi connectivity index (χ2n) is 4.59. The number of cyclic esters (lactones) is 1. The van der Waals surface area contributed by atoms with E-state index in [-0.39, 0.29) is 18.5 Å². The third kappa shape index (κ3) is 1.68. The minimum absolute atomic E-state index is 0.0276.